The lowest BCUT2D eigenvalue weighted by Crippen LogP contribution is -2.41. The van der Waals surface area contributed by atoms with Crippen molar-refractivity contribution in [2.45, 2.75) is 6.92 Å². The summed E-state index contributed by atoms with van der Waals surface area (Å²) in [6, 6.07) is 16.1. The number of hydrogen-bond acceptors (Lipinski definition) is 3. The number of benzene rings is 2. The number of anilines is 1. The first-order valence-electron chi connectivity index (χ1n) is 7.09. The molecular formula is C17H20N2O3. The lowest BCUT2D eigenvalue weighted by molar-refractivity contribution is 0.190. The van der Waals surface area contributed by atoms with Gasteiger partial charge in [-0.05, 0) is 43.3 Å². The van der Waals surface area contributed by atoms with Crippen LogP contribution in [-0.2, 0) is 0 Å². The zero-order chi connectivity index (χ0) is 15.9. The van der Waals surface area contributed by atoms with Crippen molar-refractivity contribution in [3.8, 4) is 11.5 Å². The summed E-state index contributed by atoms with van der Waals surface area (Å²) in [5.74, 6) is 1.32. The molecule has 0 bridgehead atoms. The Morgan fingerprint density at radius 3 is 2.09 bits per heavy atom. The second kappa shape index (κ2) is 7.36. The van der Waals surface area contributed by atoms with Crippen molar-refractivity contribution >= 4 is 11.7 Å². The predicted octanol–water partition coefficient (Wildman–Crippen LogP) is 3.57. The summed E-state index contributed by atoms with van der Waals surface area (Å²) in [6.45, 7) is 2.53. The van der Waals surface area contributed by atoms with E-state index in [1.807, 2.05) is 49.4 Å². The fourth-order valence-corrected chi connectivity index (χ4v) is 1.82. The van der Waals surface area contributed by atoms with E-state index >= 15 is 0 Å². The van der Waals surface area contributed by atoms with Crippen molar-refractivity contribution in [2.75, 3.05) is 25.8 Å². The Labute approximate surface area is 130 Å². The van der Waals surface area contributed by atoms with Crippen LogP contribution in [0.15, 0.2) is 54.6 Å². The fraction of sp³-hybridized carbons (Fsp3) is 0.235. The van der Waals surface area contributed by atoms with Crippen LogP contribution < -0.4 is 14.6 Å². The average molecular weight is 300 g/mol. The molecular weight excluding hydrogens is 280 g/mol. The normalized spacial score (nSPS) is 9.95. The maximum atomic E-state index is 12.3. The number of carbonyl (C=O) groups excluding carboxylic acids is 1. The molecule has 0 atom stereocenters. The van der Waals surface area contributed by atoms with Gasteiger partial charge in [-0.1, -0.05) is 18.2 Å². The Kier molecular flexibility index (Phi) is 5.25. The average Bonchev–Trinajstić information content (AvgIpc) is 2.54. The molecule has 0 saturated heterocycles. The Bertz CT molecular complexity index is 597. The van der Waals surface area contributed by atoms with Crippen molar-refractivity contribution in [3.05, 3.63) is 54.6 Å². The summed E-state index contributed by atoms with van der Waals surface area (Å²) in [5.41, 5.74) is 0.662. The van der Waals surface area contributed by atoms with Crippen LogP contribution in [0, 0.1) is 0 Å². The van der Waals surface area contributed by atoms with E-state index < -0.39 is 0 Å². The number of nitrogens with zero attached hydrogens (tertiary/aromatic N) is 2. The molecule has 0 aromatic heterocycles. The topological polar surface area (TPSA) is 42.0 Å². The minimum atomic E-state index is -0.264. The molecule has 0 spiro atoms. The van der Waals surface area contributed by atoms with Crippen LogP contribution in [0.2, 0.25) is 0 Å². The van der Waals surface area contributed by atoms with Gasteiger partial charge in [0.2, 0.25) is 0 Å². The van der Waals surface area contributed by atoms with Crippen molar-refractivity contribution in [1.82, 2.24) is 4.90 Å². The van der Waals surface area contributed by atoms with Crippen LogP contribution in [0.25, 0.3) is 0 Å². The van der Waals surface area contributed by atoms with Gasteiger partial charge in [-0.3, -0.25) is 0 Å². The third-order valence-electron chi connectivity index (χ3n) is 2.88. The van der Waals surface area contributed by atoms with Crippen LogP contribution in [0.4, 0.5) is 10.5 Å². The number of hydrogen-bond donors (Lipinski definition) is 0. The largest absolute Gasteiger partial charge is 0.494 e. The van der Waals surface area contributed by atoms with Crippen molar-refractivity contribution in [1.29, 1.82) is 0 Å². The lowest BCUT2D eigenvalue weighted by atomic mass is 10.3. The lowest BCUT2D eigenvalue weighted by Gasteiger charge is -2.25. The van der Waals surface area contributed by atoms with E-state index in [-0.39, 0.29) is 6.03 Å². The molecule has 0 N–H and O–H groups in total. The van der Waals surface area contributed by atoms with Gasteiger partial charge in [-0.25, -0.2) is 4.79 Å². The Hall–Kier alpha value is -2.69. The third-order valence-corrected chi connectivity index (χ3v) is 2.88. The third kappa shape index (κ3) is 3.91. The Morgan fingerprint density at radius 2 is 1.55 bits per heavy atom. The number of hydroxylamine groups is 1. The summed E-state index contributed by atoms with van der Waals surface area (Å²) in [7, 11) is 3.36. The van der Waals surface area contributed by atoms with E-state index in [2.05, 4.69) is 0 Å². The molecule has 2 aromatic carbocycles. The highest BCUT2D eigenvalue weighted by molar-refractivity contribution is 5.89. The van der Waals surface area contributed by atoms with Crippen LogP contribution in [-0.4, -0.2) is 31.6 Å². The molecule has 2 rings (SSSR count). The summed E-state index contributed by atoms with van der Waals surface area (Å²) >= 11 is 0. The molecule has 5 nitrogen and oxygen atoms in total. The van der Waals surface area contributed by atoms with Gasteiger partial charge in [0.1, 0.15) is 5.75 Å². The first kappa shape index (κ1) is 15.7. The zero-order valence-corrected chi connectivity index (χ0v) is 13.0. The highest BCUT2D eigenvalue weighted by Gasteiger charge is 2.19. The minimum absolute atomic E-state index is 0.264. The summed E-state index contributed by atoms with van der Waals surface area (Å²) < 4.78 is 5.39. The van der Waals surface area contributed by atoms with Gasteiger partial charge in [0.15, 0.2) is 5.75 Å². The standard InChI is InChI=1S/C17H20N2O3/c1-4-21-15-10-12-16(13-11-15)22-19(17(20)18(2)3)14-8-6-5-7-9-14/h5-13H,4H2,1-3H3. The van der Waals surface area contributed by atoms with Gasteiger partial charge in [-0.15, -0.1) is 5.06 Å². The smallest absolute Gasteiger partial charge is 0.357 e. The maximum absolute atomic E-state index is 12.3. The van der Waals surface area contributed by atoms with Gasteiger partial charge < -0.3 is 14.5 Å². The van der Waals surface area contributed by atoms with Crippen LogP contribution in [0.3, 0.4) is 0 Å². The summed E-state index contributed by atoms with van der Waals surface area (Å²) in [5, 5.41) is 1.26. The van der Waals surface area contributed by atoms with Crippen molar-refractivity contribution < 1.29 is 14.4 Å². The summed E-state index contributed by atoms with van der Waals surface area (Å²) in [4.78, 5) is 19.5. The van der Waals surface area contributed by atoms with Crippen LogP contribution in [0.1, 0.15) is 6.92 Å². The number of amides is 2. The molecule has 0 saturated carbocycles. The van der Waals surface area contributed by atoms with Gasteiger partial charge in [0.05, 0.1) is 12.3 Å². The molecule has 0 aliphatic heterocycles. The molecule has 0 fully saturated rings. The Morgan fingerprint density at radius 1 is 0.955 bits per heavy atom. The molecule has 0 aliphatic rings. The molecule has 0 radical (unpaired) electrons. The van der Waals surface area contributed by atoms with E-state index in [0.717, 1.165) is 5.75 Å². The predicted molar refractivity (Wildman–Crippen MR) is 86.2 cm³/mol. The minimum Gasteiger partial charge on any atom is -0.494 e. The van der Waals surface area contributed by atoms with E-state index in [1.54, 1.807) is 26.2 Å². The van der Waals surface area contributed by atoms with Gasteiger partial charge in [0, 0.05) is 14.1 Å². The molecule has 2 amide bonds. The number of para-hydroxylation sites is 1. The molecule has 0 heterocycles. The molecule has 0 aliphatic carbocycles. The molecule has 0 unspecified atom stereocenters. The molecule has 5 heteroatoms. The summed E-state index contributed by atoms with van der Waals surface area (Å²) in [6.07, 6.45) is 0. The Balaban J connectivity index is 2.21. The number of rotatable bonds is 5. The van der Waals surface area contributed by atoms with Crippen LogP contribution in [0.5, 0.6) is 11.5 Å². The second-order valence-corrected chi connectivity index (χ2v) is 4.80. The van der Waals surface area contributed by atoms with E-state index in [4.69, 9.17) is 9.57 Å². The number of carbonyl (C=O) groups is 1. The van der Waals surface area contributed by atoms with Gasteiger partial charge in [-0.2, -0.15) is 0 Å². The fourth-order valence-electron chi connectivity index (χ4n) is 1.82. The zero-order valence-electron chi connectivity index (χ0n) is 13.0. The molecule has 116 valence electrons. The van der Waals surface area contributed by atoms with Crippen molar-refractivity contribution in [2.24, 2.45) is 0 Å². The SMILES string of the molecule is CCOc1ccc(ON(C(=O)N(C)C)c2ccccc2)cc1. The van der Waals surface area contributed by atoms with Crippen LogP contribution >= 0.6 is 0 Å². The van der Waals surface area contributed by atoms with E-state index in [1.165, 1.54) is 9.96 Å². The number of urea groups is 1. The number of ether oxygens (including phenoxy) is 1. The highest BCUT2D eigenvalue weighted by atomic mass is 16.7. The van der Waals surface area contributed by atoms with E-state index in [9.17, 15) is 4.79 Å². The second-order valence-electron chi connectivity index (χ2n) is 4.80. The molecule has 22 heavy (non-hydrogen) atoms. The van der Waals surface area contributed by atoms with Crippen molar-refractivity contribution in [3.63, 3.8) is 0 Å². The highest BCUT2D eigenvalue weighted by Crippen LogP contribution is 2.22. The first-order valence-corrected chi connectivity index (χ1v) is 7.09. The monoisotopic (exact) mass is 300 g/mol. The maximum Gasteiger partial charge on any atom is 0.357 e. The first-order chi connectivity index (χ1) is 10.6. The quantitative estimate of drug-likeness (QED) is 0.793. The van der Waals surface area contributed by atoms with Gasteiger partial charge >= 0.3 is 6.03 Å². The molecule has 2 aromatic rings. The van der Waals surface area contributed by atoms with Gasteiger partial charge in [0.25, 0.3) is 0 Å². The van der Waals surface area contributed by atoms with E-state index in [0.29, 0.717) is 18.0 Å².